The zero-order valence-electron chi connectivity index (χ0n) is 9.92. The average molecular weight is 228 g/mol. The zero-order valence-corrected chi connectivity index (χ0v) is 9.92. The number of nitrogens with one attached hydrogen (secondary N) is 2. The fourth-order valence-corrected chi connectivity index (χ4v) is 2.35. The first-order chi connectivity index (χ1) is 8.38. The molecule has 0 atom stereocenters. The lowest BCUT2D eigenvalue weighted by molar-refractivity contribution is 0.419. The molecule has 3 nitrogen and oxygen atoms in total. The number of fused-ring (bicyclic) bond motifs is 1. The van der Waals surface area contributed by atoms with Gasteiger partial charge in [0.15, 0.2) is 0 Å². The number of aromatic nitrogens is 1. The Morgan fingerprint density at radius 2 is 2.24 bits per heavy atom. The monoisotopic (exact) mass is 228 g/mol. The van der Waals surface area contributed by atoms with E-state index in [1.54, 1.807) is 7.11 Å². The van der Waals surface area contributed by atoms with Crippen LogP contribution in [-0.4, -0.2) is 25.2 Å². The van der Waals surface area contributed by atoms with E-state index in [1.165, 1.54) is 11.1 Å². The van der Waals surface area contributed by atoms with Crippen LogP contribution < -0.4 is 10.1 Å². The molecule has 0 radical (unpaired) electrons. The Morgan fingerprint density at radius 3 is 3.00 bits per heavy atom. The molecule has 1 aliphatic heterocycles. The molecule has 2 heterocycles. The molecule has 1 aliphatic rings. The summed E-state index contributed by atoms with van der Waals surface area (Å²) < 4.78 is 5.35. The van der Waals surface area contributed by atoms with Crippen LogP contribution in [0.5, 0.6) is 5.75 Å². The van der Waals surface area contributed by atoms with Crippen LogP contribution in [0, 0.1) is 0 Å². The van der Waals surface area contributed by atoms with Crippen LogP contribution in [0.15, 0.2) is 30.5 Å². The van der Waals surface area contributed by atoms with Crippen LogP contribution in [0.25, 0.3) is 16.5 Å². The lowest BCUT2D eigenvalue weighted by Crippen LogP contribution is -2.19. The van der Waals surface area contributed by atoms with E-state index >= 15 is 0 Å². The summed E-state index contributed by atoms with van der Waals surface area (Å²) in [4.78, 5) is 3.21. The van der Waals surface area contributed by atoms with Gasteiger partial charge in [0.2, 0.25) is 0 Å². The van der Waals surface area contributed by atoms with Crippen molar-refractivity contribution in [3.05, 3.63) is 36.0 Å². The van der Waals surface area contributed by atoms with Crippen molar-refractivity contribution >= 4 is 16.5 Å². The van der Waals surface area contributed by atoms with Crippen molar-refractivity contribution in [3.63, 3.8) is 0 Å². The topological polar surface area (TPSA) is 37.0 Å². The third-order valence-corrected chi connectivity index (χ3v) is 3.30. The minimum atomic E-state index is 0.913. The van der Waals surface area contributed by atoms with Crippen LogP contribution in [-0.2, 0) is 0 Å². The molecule has 0 saturated heterocycles. The second-order valence-corrected chi connectivity index (χ2v) is 4.30. The molecule has 0 fully saturated rings. The molecule has 0 unspecified atom stereocenters. The summed E-state index contributed by atoms with van der Waals surface area (Å²) in [6.07, 6.45) is 5.27. The van der Waals surface area contributed by atoms with E-state index in [2.05, 4.69) is 34.6 Å². The maximum absolute atomic E-state index is 5.35. The van der Waals surface area contributed by atoms with Crippen molar-refractivity contribution in [1.29, 1.82) is 0 Å². The van der Waals surface area contributed by atoms with Crippen molar-refractivity contribution in [2.45, 2.75) is 6.42 Å². The predicted molar refractivity (Wildman–Crippen MR) is 70.3 cm³/mol. The third-order valence-electron chi connectivity index (χ3n) is 3.30. The zero-order chi connectivity index (χ0) is 11.7. The van der Waals surface area contributed by atoms with Crippen LogP contribution in [0.4, 0.5) is 0 Å². The number of hydrogen-bond acceptors (Lipinski definition) is 2. The molecule has 3 heteroatoms. The van der Waals surface area contributed by atoms with Crippen molar-refractivity contribution < 1.29 is 4.74 Å². The van der Waals surface area contributed by atoms with Gasteiger partial charge in [-0.05, 0) is 36.2 Å². The van der Waals surface area contributed by atoms with Gasteiger partial charge in [-0.15, -0.1) is 0 Å². The van der Waals surface area contributed by atoms with E-state index < -0.39 is 0 Å². The standard InChI is InChI=1S/C14H16N2O/c1-17-14-9-16-13-3-2-11(8-12(13)14)10-4-6-15-7-5-10/h2-4,8-9,15-16H,5-7H2,1H3. The molecule has 0 spiro atoms. The first-order valence-electron chi connectivity index (χ1n) is 5.94. The van der Waals surface area contributed by atoms with E-state index in [1.807, 2.05) is 6.20 Å². The first kappa shape index (κ1) is 10.4. The summed E-state index contributed by atoms with van der Waals surface area (Å²) >= 11 is 0. The van der Waals surface area contributed by atoms with E-state index in [0.29, 0.717) is 0 Å². The number of rotatable bonds is 2. The fourth-order valence-electron chi connectivity index (χ4n) is 2.35. The number of hydrogen-bond donors (Lipinski definition) is 2. The Labute approximate surface area is 100 Å². The minimum Gasteiger partial charge on any atom is -0.495 e. The number of aromatic amines is 1. The molecule has 1 aromatic heterocycles. The maximum Gasteiger partial charge on any atom is 0.144 e. The van der Waals surface area contributed by atoms with Gasteiger partial charge >= 0.3 is 0 Å². The molecule has 0 aliphatic carbocycles. The number of H-pyrrole nitrogens is 1. The predicted octanol–water partition coefficient (Wildman–Crippen LogP) is 2.55. The number of methoxy groups -OCH3 is 1. The summed E-state index contributed by atoms with van der Waals surface area (Å²) in [5, 5.41) is 4.49. The van der Waals surface area contributed by atoms with Crippen molar-refractivity contribution in [3.8, 4) is 5.75 Å². The SMILES string of the molecule is COc1c[nH]c2ccc(C3=CCNCC3)cc12. The van der Waals surface area contributed by atoms with Gasteiger partial charge in [-0.1, -0.05) is 12.1 Å². The van der Waals surface area contributed by atoms with Gasteiger partial charge < -0.3 is 15.0 Å². The Hall–Kier alpha value is -1.74. The third kappa shape index (κ3) is 1.83. The van der Waals surface area contributed by atoms with Crippen LogP contribution in [0.3, 0.4) is 0 Å². The van der Waals surface area contributed by atoms with Crippen LogP contribution in [0.2, 0.25) is 0 Å². The highest BCUT2D eigenvalue weighted by Crippen LogP contribution is 2.29. The quantitative estimate of drug-likeness (QED) is 0.829. The second-order valence-electron chi connectivity index (χ2n) is 4.30. The average Bonchev–Trinajstić information content (AvgIpc) is 2.81. The molecule has 0 amide bonds. The largest absolute Gasteiger partial charge is 0.495 e. The molecule has 1 aromatic carbocycles. The van der Waals surface area contributed by atoms with Gasteiger partial charge in [0.05, 0.1) is 7.11 Å². The van der Waals surface area contributed by atoms with Gasteiger partial charge in [0, 0.05) is 23.6 Å². The number of ether oxygens (including phenoxy) is 1. The molecule has 0 saturated carbocycles. The van der Waals surface area contributed by atoms with Crippen molar-refractivity contribution in [1.82, 2.24) is 10.3 Å². The Bertz CT molecular complexity index is 569. The molecule has 17 heavy (non-hydrogen) atoms. The normalized spacial score (nSPS) is 15.9. The lowest BCUT2D eigenvalue weighted by Gasteiger charge is -2.14. The molecule has 2 N–H and O–H groups in total. The first-order valence-corrected chi connectivity index (χ1v) is 5.94. The van der Waals surface area contributed by atoms with Gasteiger partial charge in [-0.3, -0.25) is 0 Å². The summed E-state index contributed by atoms with van der Waals surface area (Å²) in [5.74, 6) is 0.913. The highest BCUT2D eigenvalue weighted by atomic mass is 16.5. The van der Waals surface area contributed by atoms with Gasteiger partial charge in [-0.2, -0.15) is 0 Å². The van der Waals surface area contributed by atoms with Crippen molar-refractivity contribution in [2.75, 3.05) is 20.2 Å². The molecule has 2 aromatic rings. The maximum atomic E-state index is 5.35. The molecule has 88 valence electrons. The highest BCUT2D eigenvalue weighted by Gasteiger charge is 2.09. The molecule has 0 bridgehead atoms. The van der Waals surface area contributed by atoms with Crippen LogP contribution >= 0.6 is 0 Å². The highest BCUT2D eigenvalue weighted by molar-refractivity contribution is 5.89. The summed E-state index contributed by atoms with van der Waals surface area (Å²) in [7, 11) is 1.71. The Morgan fingerprint density at radius 1 is 1.29 bits per heavy atom. The van der Waals surface area contributed by atoms with Gasteiger partial charge in [0.25, 0.3) is 0 Å². The smallest absolute Gasteiger partial charge is 0.144 e. The number of benzene rings is 1. The minimum absolute atomic E-state index is 0.913. The summed E-state index contributed by atoms with van der Waals surface area (Å²) in [6, 6.07) is 6.51. The van der Waals surface area contributed by atoms with E-state index in [-0.39, 0.29) is 0 Å². The molecular formula is C14H16N2O. The van der Waals surface area contributed by atoms with Crippen LogP contribution in [0.1, 0.15) is 12.0 Å². The Balaban J connectivity index is 2.08. The van der Waals surface area contributed by atoms with Crippen molar-refractivity contribution in [2.24, 2.45) is 0 Å². The summed E-state index contributed by atoms with van der Waals surface area (Å²) in [5.41, 5.74) is 3.85. The van der Waals surface area contributed by atoms with Gasteiger partial charge in [0.1, 0.15) is 5.75 Å². The molecular weight excluding hydrogens is 212 g/mol. The van der Waals surface area contributed by atoms with E-state index in [4.69, 9.17) is 4.74 Å². The fraction of sp³-hybridized carbons (Fsp3) is 0.286. The lowest BCUT2D eigenvalue weighted by atomic mass is 9.99. The molecule has 3 rings (SSSR count). The second kappa shape index (κ2) is 4.26. The van der Waals surface area contributed by atoms with Gasteiger partial charge in [-0.25, -0.2) is 0 Å². The van der Waals surface area contributed by atoms with E-state index in [9.17, 15) is 0 Å². The Kier molecular flexibility index (Phi) is 2.61. The summed E-state index contributed by atoms with van der Waals surface area (Å²) in [6.45, 7) is 2.03. The van der Waals surface area contributed by atoms with E-state index in [0.717, 1.165) is 36.2 Å².